The molecule has 6 nitrogen and oxygen atoms in total. The number of benzene rings is 1. The molecular formula is C10H12N2O4Y. The Morgan fingerprint density at radius 2 is 1.88 bits per heavy atom. The first-order valence-electron chi connectivity index (χ1n) is 4.53. The largest absolute Gasteiger partial charge is 0.508 e. The molecule has 17 heavy (non-hydrogen) atoms. The summed E-state index contributed by atoms with van der Waals surface area (Å²) in [6.45, 7) is 0.133. The van der Waals surface area contributed by atoms with Gasteiger partial charge in [0.05, 0.1) is 11.0 Å². The van der Waals surface area contributed by atoms with Crippen molar-refractivity contribution in [3.05, 3.63) is 34.4 Å². The van der Waals surface area contributed by atoms with Crippen molar-refractivity contribution in [1.29, 1.82) is 5.26 Å². The van der Waals surface area contributed by atoms with Gasteiger partial charge in [0, 0.05) is 57.9 Å². The fourth-order valence-corrected chi connectivity index (χ4v) is 0.732. The summed E-state index contributed by atoms with van der Waals surface area (Å²) in [5.41, 5.74) is -0.0159. The Labute approximate surface area is 124 Å². The molecule has 0 heterocycles. The minimum Gasteiger partial charge on any atom is -0.508 e. The van der Waals surface area contributed by atoms with E-state index in [1.54, 1.807) is 0 Å². The molecule has 0 aromatic heterocycles. The molecule has 0 aliphatic rings. The van der Waals surface area contributed by atoms with Gasteiger partial charge in [-0.25, -0.2) is 0 Å². The Balaban J connectivity index is 0. The van der Waals surface area contributed by atoms with Crippen molar-refractivity contribution < 1.29 is 47.8 Å². The molecule has 0 saturated heterocycles. The number of phenols is 1. The Morgan fingerprint density at radius 3 is 2.18 bits per heavy atom. The number of nitro groups is 1. The summed E-state index contributed by atoms with van der Waals surface area (Å²) in [6.07, 6.45) is 1.08. The minimum atomic E-state index is -0.514. The van der Waals surface area contributed by atoms with Crippen molar-refractivity contribution in [2.24, 2.45) is 0 Å². The Bertz CT molecular complexity index is 362. The van der Waals surface area contributed by atoms with Gasteiger partial charge in [0.2, 0.25) is 0 Å². The van der Waals surface area contributed by atoms with Gasteiger partial charge in [-0.15, -0.1) is 0 Å². The van der Waals surface area contributed by atoms with Crippen LogP contribution in [-0.4, -0.2) is 21.7 Å². The summed E-state index contributed by atoms with van der Waals surface area (Å²) >= 11 is 0. The first-order chi connectivity index (χ1) is 7.61. The first-order valence-corrected chi connectivity index (χ1v) is 4.53. The normalized spacial score (nSPS) is 8.00. The molecule has 0 spiro atoms. The van der Waals surface area contributed by atoms with Crippen LogP contribution in [-0.2, 0) is 32.7 Å². The summed E-state index contributed by atoms with van der Waals surface area (Å²) in [7, 11) is 0. The fraction of sp³-hybridized carbons (Fsp3) is 0.300. The number of nitriles is 1. The molecule has 1 aromatic carbocycles. The zero-order valence-corrected chi connectivity index (χ0v) is 12.0. The van der Waals surface area contributed by atoms with Crippen LogP contribution in [0.1, 0.15) is 12.8 Å². The van der Waals surface area contributed by atoms with E-state index in [1.807, 2.05) is 6.07 Å². The Morgan fingerprint density at radius 1 is 1.35 bits per heavy atom. The quantitative estimate of drug-likeness (QED) is 0.500. The van der Waals surface area contributed by atoms with E-state index in [4.69, 9.17) is 15.5 Å². The number of hydrogen-bond donors (Lipinski definition) is 2. The summed E-state index contributed by atoms with van der Waals surface area (Å²) in [4.78, 5) is 9.52. The van der Waals surface area contributed by atoms with Gasteiger partial charge >= 0.3 is 0 Å². The Kier molecular flexibility index (Phi) is 12.4. The van der Waals surface area contributed by atoms with Crippen LogP contribution >= 0.6 is 0 Å². The molecule has 89 valence electrons. The van der Waals surface area contributed by atoms with Crippen LogP contribution in [0.4, 0.5) is 5.69 Å². The molecule has 0 atom stereocenters. The third-order valence-electron chi connectivity index (χ3n) is 1.51. The SMILES string of the molecule is N#CCCCO.O=[N+]([O-])c1ccc(O)cc1.[Y]. The Hall–Kier alpha value is -1.03. The topological polar surface area (TPSA) is 107 Å². The van der Waals surface area contributed by atoms with E-state index in [-0.39, 0.29) is 50.8 Å². The monoisotopic (exact) mass is 313 g/mol. The summed E-state index contributed by atoms with van der Waals surface area (Å²) in [5, 5.41) is 34.6. The number of aliphatic hydroxyl groups excluding tert-OH is 1. The standard InChI is InChI=1S/C6H5NO3.C4H7NO.Y/c8-6-3-1-5(2-4-6)7(9)10;5-3-1-2-4-6;/h1-4,8H;6H,1-2,4H2;. The van der Waals surface area contributed by atoms with Crippen LogP contribution in [0.25, 0.3) is 0 Å². The number of rotatable bonds is 3. The van der Waals surface area contributed by atoms with Gasteiger partial charge in [0.1, 0.15) is 5.75 Å². The van der Waals surface area contributed by atoms with E-state index < -0.39 is 4.92 Å². The predicted molar refractivity (Wildman–Crippen MR) is 56.7 cm³/mol. The van der Waals surface area contributed by atoms with Crippen LogP contribution < -0.4 is 0 Å². The number of unbranched alkanes of at least 4 members (excludes halogenated alkanes) is 1. The van der Waals surface area contributed by atoms with E-state index in [9.17, 15) is 10.1 Å². The van der Waals surface area contributed by atoms with E-state index in [0.717, 1.165) is 0 Å². The van der Waals surface area contributed by atoms with Crippen molar-refractivity contribution in [2.45, 2.75) is 12.8 Å². The molecule has 1 aromatic rings. The average molecular weight is 313 g/mol. The van der Waals surface area contributed by atoms with Crippen molar-refractivity contribution in [3.8, 4) is 11.8 Å². The second kappa shape index (κ2) is 11.5. The predicted octanol–water partition coefficient (Wildman–Crippen LogP) is 1.58. The molecule has 1 radical (unpaired) electrons. The first kappa shape index (κ1) is 18.3. The summed E-state index contributed by atoms with van der Waals surface area (Å²) in [6, 6.07) is 6.95. The van der Waals surface area contributed by atoms with Crippen molar-refractivity contribution in [2.75, 3.05) is 6.61 Å². The molecule has 0 bridgehead atoms. The van der Waals surface area contributed by atoms with Gasteiger partial charge in [0.15, 0.2) is 0 Å². The second-order valence-electron chi connectivity index (χ2n) is 2.76. The van der Waals surface area contributed by atoms with Crippen LogP contribution in [0.2, 0.25) is 0 Å². The van der Waals surface area contributed by atoms with Gasteiger partial charge in [-0.2, -0.15) is 5.26 Å². The van der Waals surface area contributed by atoms with Crippen LogP contribution in [0.3, 0.4) is 0 Å². The maximum Gasteiger partial charge on any atom is 0.269 e. The molecule has 0 saturated carbocycles. The van der Waals surface area contributed by atoms with Crippen LogP contribution in [0.5, 0.6) is 5.75 Å². The molecule has 2 N–H and O–H groups in total. The zero-order chi connectivity index (χ0) is 12.4. The molecule has 0 aliphatic heterocycles. The van der Waals surface area contributed by atoms with Gasteiger partial charge in [-0.05, 0) is 18.6 Å². The number of hydrogen-bond acceptors (Lipinski definition) is 5. The summed E-state index contributed by atoms with van der Waals surface area (Å²) in [5.74, 6) is 0.0330. The number of aromatic hydroxyl groups is 1. The van der Waals surface area contributed by atoms with Gasteiger partial charge in [0.25, 0.3) is 5.69 Å². The molecular weight excluding hydrogens is 301 g/mol. The van der Waals surface area contributed by atoms with E-state index >= 15 is 0 Å². The third-order valence-corrected chi connectivity index (χ3v) is 1.51. The average Bonchev–Trinajstić information content (AvgIpc) is 2.28. The molecule has 1 rings (SSSR count). The van der Waals surface area contributed by atoms with E-state index in [2.05, 4.69) is 0 Å². The maximum atomic E-state index is 10.0. The van der Waals surface area contributed by atoms with Crippen LogP contribution in [0.15, 0.2) is 24.3 Å². The second-order valence-corrected chi connectivity index (χ2v) is 2.76. The number of nitro benzene ring substituents is 1. The number of aliphatic hydroxyl groups is 1. The van der Waals surface area contributed by atoms with Crippen molar-refractivity contribution >= 4 is 5.69 Å². The van der Waals surface area contributed by atoms with Gasteiger partial charge in [-0.3, -0.25) is 10.1 Å². The number of nitrogens with zero attached hydrogens (tertiary/aromatic N) is 2. The van der Waals surface area contributed by atoms with E-state index in [1.165, 1.54) is 24.3 Å². The summed E-state index contributed by atoms with van der Waals surface area (Å²) < 4.78 is 0. The molecule has 7 heteroatoms. The molecule has 0 amide bonds. The zero-order valence-electron chi connectivity index (χ0n) is 9.11. The van der Waals surface area contributed by atoms with Gasteiger partial charge in [-0.1, -0.05) is 0 Å². The minimum absolute atomic E-state index is 0. The number of non-ortho nitro benzene ring substituents is 1. The van der Waals surface area contributed by atoms with Gasteiger partial charge < -0.3 is 10.2 Å². The fourth-order valence-electron chi connectivity index (χ4n) is 0.732. The van der Waals surface area contributed by atoms with Crippen molar-refractivity contribution in [1.82, 2.24) is 0 Å². The molecule has 0 aliphatic carbocycles. The number of phenolic OH excluding ortho intramolecular Hbond substituents is 1. The molecule has 0 unspecified atom stereocenters. The maximum absolute atomic E-state index is 10.0. The smallest absolute Gasteiger partial charge is 0.269 e. The molecule has 0 fully saturated rings. The van der Waals surface area contributed by atoms with Crippen LogP contribution in [0, 0.1) is 21.4 Å². The van der Waals surface area contributed by atoms with Crippen molar-refractivity contribution in [3.63, 3.8) is 0 Å². The third kappa shape index (κ3) is 9.88. The van der Waals surface area contributed by atoms with E-state index in [0.29, 0.717) is 12.8 Å².